The molecule has 0 spiro atoms. The Morgan fingerprint density at radius 2 is 2.00 bits per heavy atom. The van der Waals surface area contributed by atoms with Crippen LogP contribution < -0.4 is 11.1 Å². The van der Waals surface area contributed by atoms with Gasteiger partial charge >= 0.3 is 5.97 Å². The molecule has 0 aliphatic carbocycles. The number of hydrogen-bond donors (Lipinski definition) is 4. The smallest absolute Gasteiger partial charge is 0.326 e. The van der Waals surface area contributed by atoms with E-state index in [1.807, 2.05) is 0 Å². The fourth-order valence-electron chi connectivity index (χ4n) is 2.08. The number of amides is 1. The van der Waals surface area contributed by atoms with Crippen LogP contribution >= 0.6 is 0 Å². The van der Waals surface area contributed by atoms with Crippen LogP contribution in [0.3, 0.4) is 0 Å². The number of imidazole rings is 1. The van der Waals surface area contributed by atoms with E-state index >= 15 is 0 Å². The van der Waals surface area contributed by atoms with Crippen LogP contribution in [0.4, 0.5) is 0 Å². The number of aliphatic carboxylic acids is 1. The minimum Gasteiger partial charge on any atom is -0.593 e. The highest BCUT2D eigenvalue weighted by Crippen LogP contribution is 2.11. The molecule has 122 valence electrons. The first kappa shape index (κ1) is 16.5. The van der Waals surface area contributed by atoms with E-state index in [9.17, 15) is 14.7 Å². The largest absolute Gasteiger partial charge is 0.593 e. The van der Waals surface area contributed by atoms with Gasteiger partial charge in [0.2, 0.25) is 5.91 Å². The monoisotopic (exact) mass is 319 g/mol. The number of benzene rings is 1. The van der Waals surface area contributed by atoms with E-state index in [0.29, 0.717) is 11.4 Å². The summed E-state index contributed by atoms with van der Waals surface area (Å²) in [7, 11) is 0. The van der Waals surface area contributed by atoms with Crippen molar-refractivity contribution in [3.8, 4) is 5.75 Å². The molecule has 2 aromatic rings. The molecule has 0 aliphatic rings. The molecule has 2 atom stereocenters. The van der Waals surface area contributed by atoms with Gasteiger partial charge in [-0.25, -0.2) is 9.78 Å². The zero-order chi connectivity index (χ0) is 16.8. The normalized spacial score (nSPS) is 13.3. The van der Waals surface area contributed by atoms with E-state index in [-0.39, 0.29) is 12.8 Å². The van der Waals surface area contributed by atoms with Crippen molar-refractivity contribution in [3.05, 3.63) is 48.0 Å². The van der Waals surface area contributed by atoms with Crippen LogP contribution in [-0.4, -0.2) is 44.1 Å². The van der Waals surface area contributed by atoms with Crippen LogP contribution in [0, 0.1) is 0 Å². The molecule has 0 radical (unpaired) electrons. The molecule has 8 nitrogen and oxygen atoms in total. The lowest BCUT2D eigenvalue weighted by Gasteiger charge is -2.17. The average molecular weight is 319 g/mol. The number of aromatic nitrogens is 2. The summed E-state index contributed by atoms with van der Waals surface area (Å²) < 4.78 is 0. The van der Waals surface area contributed by atoms with Crippen molar-refractivity contribution in [2.75, 3.05) is 0 Å². The van der Waals surface area contributed by atoms with Gasteiger partial charge < -0.3 is 26.2 Å². The lowest BCUT2D eigenvalue weighted by Crippen LogP contribution is -2.50. The number of carbonyl (C=O) groups excluding carboxylic acids is 1. The standard InChI is InChI=1S/C15H18N4O4/c16-12(6-10-7-17-8-18-10)14(21)19-13(15(22)23)5-9-1-3-11(20)4-2-9/h1-4,7-8,12-13,20H,5-6,16H2,(H,17,18)(H,19,21)(H,22,23)/p+1/t12-,13-/m0/s1. The van der Waals surface area contributed by atoms with E-state index in [4.69, 9.17) is 10.8 Å². The molecule has 23 heavy (non-hydrogen) atoms. The molecule has 0 saturated heterocycles. The van der Waals surface area contributed by atoms with E-state index < -0.39 is 24.0 Å². The maximum Gasteiger partial charge on any atom is 0.326 e. The van der Waals surface area contributed by atoms with Gasteiger partial charge in [0.05, 0.1) is 12.4 Å². The molecule has 0 aliphatic heterocycles. The Kier molecular flexibility index (Phi) is 5.32. The Morgan fingerprint density at radius 3 is 2.57 bits per heavy atom. The summed E-state index contributed by atoms with van der Waals surface area (Å²) >= 11 is 0. The number of carboxylic acid groups (broad SMARTS) is 1. The summed E-state index contributed by atoms with van der Waals surface area (Å²) in [5.41, 5.74) is 7.21. The van der Waals surface area contributed by atoms with E-state index in [2.05, 4.69) is 15.3 Å². The van der Waals surface area contributed by atoms with Crippen LogP contribution in [0.25, 0.3) is 0 Å². The van der Waals surface area contributed by atoms with Gasteiger partial charge in [-0.3, -0.25) is 4.79 Å². The Balaban J connectivity index is 1.96. The number of nitrogens with two attached hydrogens (primary N) is 1. The quantitative estimate of drug-likeness (QED) is 0.510. The van der Waals surface area contributed by atoms with Gasteiger partial charge in [-0.15, -0.1) is 0 Å². The summed E-state index contributed by atoms with van der Waals surface area (Å²) in [4.78, 5) is 30.1. The summed E-state index contributed by atoms with van der Waals surface area (Å²) in [6, 6.07) is 4.52. The van der Waals surface area contributed by atoms with Gasteiger partial charge in [-0.05, 0) is 17.7 Å². The van der Waals surface area contributed by atoms with Crippen molar-refractivity contribution < 1.29 is 19.8 Å². The minimum absolute atomic E-state index is 0.123. The second-order valence-electron chi connectivity index (χ2n) is 5.19. The predicted molar refractivity (Wildman–Crippen MR) is 83.0 cm³/mol. The SMILES string of the molecule is N[C@@H](Cc1cnc[nH]1)C(=O)N[C@@H](Cc1ccc([OH2+])cc1)C(=O)O. The van der Waals surface area contributed by atoms with Crippen molar-refractivity contribution in [3.63, 3.8) is 0 Å². The third kappa shape index (κ3) is 4.82. The number of H-pyrrole nitrogens is 1. The molecule has 1 aromatic heterocycles. The highest BCUT2D eigenvalue weighted by Gasteiger charge is 2.24. The topological polar surface area (TPSA) is 144 Å². The average Bonchev–Trinajstić information content (AvgIpc) is 3.01. The van der Waals surface area contributed by atoms with Gasteiger partial charge in [0.15, 0.2) is 0 Å². The molecule has 8 heteroatoms. The highest BCUT2D eigenvalue weighted by molar-refractivity contribution is 5.87. The molecule has 0 bridgehead atoms. The Hall–Kier alpha value is -2.87. The zero-order valence-electron chi connectivity index (χ0n) is 12.3. The van der Waals surface area contributed by atoms with Gasteiger partial charge in [-0.2, -0.15) is 0 Å². The van der Waals surface area contributed by atoms with Crippen molar-refractivity contribution in [1.29, 1.82) is 0 Å². The summed E-state index contributed by atoms with van der Waals surface area (Å²) in [6.45, 7) is 0. The number of aromatic amines is 1. The van der Waals surface area contributed by atoms with E-state index in [0.717, 1.165) is 5.56 Å². The van der Waals surface area contributed by atoms with Crippen LogP contribution in [0.2, 0.25) is 0 Å². The maximum absolute atomic E-state index is 12.1. The van der Waals surface area contributed by atoms with Crippen molar-refractivity contribution in [1.82, 2.24) is 15.3 Å². The van der Waals surface area contributed by atoms with Crippen molar-refractivity contribution >= 4 is 11.9 Å². The number of nitrogens with one attached hydrogen (secondary N) is 2. The molecule has 1 heterocycles. The summed E-state index contributed by atoms with van der Waals surface area (Å²) in [5, 5.41) is 19.1. The molecule has 2 rings (SSSR count). The van der Waals surface area contributed by atoms with Gasteiger partial charge in [-0.1, -0.05) is 0 Å². The van der Waals surface area contributed by atoms with Crippen LogP contribution in [-0.2, 0) is 22.4 Å². The maximum atomic E-state index is 12.1. The number of carboxylic acids is 1. The Morgan fingerprint density at radius 1 is 1.30 bits per heavy atom. The first-order chi connectivity index (χ1) is 11.0. The van der Waals surface area contributed by atoms with Crippen molar-refractivity contribution in [2.45, 2.75) is 24.9 Å². The lowest BCUT2D eigenvalue weighted by atomic mass is 10.0. The molecular formula is C15H19N4O4+. The number of nitrogens with zero attached hydrogens (tertiary/aromatic N) is 1. The number of carbonyl (C=O) groups is 2. The molecule has 0 saturated carbocycles. The van der Waals surface area contributed by atoms with Gasteiger partial charge in [0, 0.05) is 36.9 Å². The Bertz CT molecular complexity index is 655. The third-order valence-corrected chi connectivity index (χ3v) is 3.34. The molecule has 0 fully saturated rings. The molecule has 1 aromatic carbocycles. The Labute approximate surface area is 132 Å². The first-order valence-corrected chi connectivity index (χ1v) is 7.02. The minimum atomic E-state index is -1.14. The summed E-state index contributed by atoms with van der Waals surface area (Å²) in [5.74, 6) is -1.34. The predicted octanol–water partition coefficient (Wildman–Crippen LogP) is -0.471. The molecular weight excluding hydrogens is 300 g/mol. The number of hydrogen-bond acceptors (Lipinski definition) is 4. The van der Waals surface area contributed by atoms with Crippen molar-refractivity contribution in [2.24, 2.45) is 5.73 Å². The molecule has 1 amide bonds. The van der Waals surface area contributed by atoms with Crippen LogP contribution in [0.5, 0.6) is 5.75 Å². The second-order valence-corrected chi connectivity index (χ2v) is 5.19. The van der Waals surface area contributed by atoms with E-state index in [1.165, 1.54) is 6.33 Å². The molecule has 0 unspecified atom stereocenters. The fraction of sp³-hybridized carbons (Fsp3) is 0.267. The van der Waals surface area contributed by atoms with Gasteiger partial charge in [0.1, 0.15) is 6.04 Å². The van der Waals surface area contributed by atoms with Gasteiger partial charge in [0.25, 0.3) is 5.75 Å². The second kappa shape index (κ2) is 7.41. The molecule has 7 N–H and O–H groups in total. The van der Waals surface area contributed by atoms with Crippen LogP contribution in [0.15, 0.2) is 36.8 Å². The summed E-state index contributed by atoms with van der Waals surface area (Å²) in [6.07, 6.45) is 3.41. The van der Waals surface area contributed by atoms with E-state index in [1.54, 1.807) is 30.5 Å². The fourth-order valence-corrected chi connectivity index (χ4v) is 2.08. The third-order valence-electron chi connectivity index (χ3n) is 3.34. The van der Waals surface area contributed by atoms with Crippen LogP contribution in [0.1, 0.15) is 11.3 Å². The number of rotatable bonds is 7. The first-order valence-electron chi connectivity index (χ1n) is 7.02. The highest BCUT2D eigenvalue weighted by atomic mass is 16.4. The lowest BCUT2D eigenvalue weighted by molar-refractivity contribution is -0.141. The zero-order valence-corrected chi connectivity index (χ0v) is 12.3.